The summed E-state index contributed by atoms with van der Waals surface area (Å²) < 4.78 is -0.100. The van der Waals surface area contributed by atoms with Crippen LogP contribution < -0.4 is 5.32 Å². The zero-order valence-corrected chi connectivity index (χ0v) is 14.1. The van der Waals surface area contributed by atoms with E-state index in [1.807, 2.05) is 30.3 Å². The molecule has 1 amide bonds. The highest BCUT2D eigenvalue weighted by atomic mass is 35.6. The van der Waals surface area contributed by atoms with Crippen molar-refractivity contribution in [3.05, 3.63) is 66.5 Å². The van der Waals surface area contributed by atoms with Gasteiger partial charge in [0.05, 0.1) is 17.4 Å². The van der Waals surface area contributed by atoms with E-state index in [4.69, 9.17) is 34.8 Å². The molecular formula is C16H12Cl3N3O. The average molecular weight is 369 g/mol. The molecule has 0 saturated heterocycles. The Balaban J connectivity index is 1.98. The highest BCUT2D eigenvalue weighted by Gasteiger charge is 2.36. The second-order valence-corrected chi connectivity index (χ2v) is 7.29. The van der Waals surface area contributed by atoms with Crippen LogP contribution in [0.1, 0.15) is 16.5 Å². The second kappa shape index (κ2) is 6.40. The van der Waals surface area contributed by atoms with Crippen molar-refractivity contribution in [2.75, 3.05) is 0 Å². The predicted octanol–water partition coefficient (Wildman–Crippen LogP) is 4.34. The molecule has 118 valence electrons. The Hall–Kier alpha value is -1.75. The third-order valence-corrected chi connectivity index (χ3v) is 3.99. The quantitative estimate of drug-likeness (QED) is 0.699. The number of rotatable bonds is 3. The number of halogens is 3. The van der Waals surface area contributed by atoms with E-state index in [0.29, 0.717) is 5.56 Å². The van der Waals surface area contributed by atoms with Crippen molar-refractivity contribution in [2.45, 2.75) is 9.96 Å². The molecule has 0 saturated carbocycles. The molecule has 1 atom stereocenters. The topological polar surface area (TPSA) is 46.9 Å². The maximum atomic E-state index is 12.4. The first-order valence-corrected chi connectivity index (χ1v) is 7.94. The van der Waals surface area contributed by atoms with Crippen molar-refractivity contribution in [1.82, 2.24) is 14.9 Å². The Bertz CT molecular complexity index is 827. The summed E-state index contributed by atoms with van der Waals surface area (Å²) in [5, 5.41) is 2.76. The van der Waals surface area contributed by atoms with E-state index >= 15 is 0 Å². The van der Waals surface area contributed by atoms with Crippen LogP contribution >= 0.6 is 34.8 Å². The molecule has 4 nitrogen and oxygen atoms in total. The molecule has 0 aliphatic rings. The summed E-state index contributed by atoms with van der Waals surface area (Å²) in [5.74, 6) is -0.334. The number of nitrogens with one attached hydrogen (secondary N) is 1. The van der Waals surface area contributed by atoms with Crippen molar-refractivity contribution in [2.24, 2.45) is 0 Å². The highest BCUT2D eigenvalue weighted by molar-refractivity contribution is 6.68. The minimum atomic E-state index is -1.74. The van der Waals surface area contributed by atoms with Crippen LogP contribution in [0.5, 0.6) is 0 Å². The summed E-state index contributed by atoms with van der Waals surface area (Å²) in [6.45, 7) is 0. The maximum absolute atomic E-state index is 12.4. The van der Waals surface area contributed by atoms with Crippen LogP contribution in [0.3, 0.4) is 0 Å². The zero-order chi connectivity index (χ0) is 16.4. The van der Waals surface area contributed by atoms with Gasteiger partial charge < -0.3 is 9.88 Å². The van der Waals surface area contributed by atoms with Gasteiger partial charge in [-0.1, -0.05) is 65.1 Å². The molecule has 0 spiro atoms. The van der Waals surface area contributed by atoms with Crippen LogP contribution in [0, 0.1) is 0 Å². The lowest BCUT2D eigenvalue weighted by Crippen LogP contribution is -2.40. The van der Waals surface area contributed by atoms with Gasteiger partial charge in [0.1, 0.15) is 0 Å². The molecule has 0 fully saturated rings. The Morgan fingerprint density at radius 1 is 1.04 bits per heavy atom. The normalized spacial score (nSPS) is 13.0. The van der Waals surface area contributed by atoms with Crippen LogP contribution in [-0.2, 0) is 0 Å². The molecule has 1 heterocycles. The molecule has 3 aromatic rings. The zero-order valence-electron chi connectivity index (χ0n) is 11.8. The molecule has 0 unspecified atom stereocenters. The van der Waals surface area contributed by atoms with Gasteiger partial charge in [0.25, 0.3) is 5.91 Å². The number of hydrogen-bond acceptors (Lipinski definition) is 2. The summed E-state index contributed by atoms with van der Waals surface area (Å²) in [4.78, 5) is 16.7. The Kier molecular flexibility index (Phi) is 4.48. The number of hydrogen-bond donors (Lipinski definition) is 1. The van der Waals surface area contributed by atoms with Gasteiger partial charge in [-0.15, -0.1) is 0 Å². The van der Waals surface area contributed by atoms with E-state index in [9.17, 15) is 4.79 Å². The summed E-state index contributed by atoms with van der Waals surface area (Å²) in [7, 11) is 0. The predicted molar refractivity (Wildman–Crippen MR) is 93.0 cm³/mol. The molecule has 3 rings (SSSR count). The Labute approximate surface area is 148 Å². The highest BCUT2D eigenvalue weighted by Crippen LogP contribution is 2.38. The van der Waals surface area contributed by atoms with Crippen LogP contribution in [0.4, 0.5) is 0 Å². The Morgan fingerprint density at radius 2 is 1.70 bits per heavy atom. The second-order valence-electron chi connectivity index (χ2n) is 4.92. The number of benzene rings is 2. The average Bonchev–Trinajstić information content (AvgIpc) is 2.96. The summed E-state index contributed by atoms with van der Waals surface area (Å²) >= 11 is 18.3. The van der Waals surface area contributed by atoms with E-state index in [-0.39, 0.29) is 5.91 Å². The minimum Gasteiger partial charge on any atom is -0.328 e. The van der Waals surface area contributed by atoms with Crippen LogP contribution in [0.15, 0.2) is 60.9 Å². The number of nitrogens with zero attached hydrogens (tertiary/aromatic N) is 2. The van der Waals surface area contributed by atoms with E-state index in [2.05, 4.69) is 10.3 Å². The molecular weight excluding hydrogens is 357 g/mol. The lowest BCUT2D eigenvalue weighted by Gasteiger charge is -2.27. The number of aromatic nitrogens is 2. The number of para-hydroxylation sites is 2. The number of imidazole rings is 1. The van der Waals surface area contributed by atoms with Gasteiger partial charge >= 0.3 is 0 Å². The summed E-state index contributed by atoms with van der Waals surface area (Å²) in [6.07, 6.45) is 0.648. The molecule has 0 aliphatic carbocycles. The molecule has 0 bridgehead atoms. The van der Waals surface area contributed by atoms with E-state index in [0.717, 1.165) is 11.0 Å². The van der Waals surface area contributed by atoms with Crippen LogP contribution in [0.2, 0.25) is 0 Å². The molecule has 2 aromatic carbocycles. The van der Waals surface area contributed by atoms with Crippen LogP contribution in [0.25, 0.3) is 11.0 Å². The van der Waals surface area contributed by atoms with Gasteiger partial charge in [-0.2, -0.15) is 0 Å². The van der Waals surface area contributed by atoms with Crippen molar-refractivity contribution < 1.29 is 4.79 Å². The van der Waals surface area contributed by atoms with Crippen LogP contribution in [-0.4, -0.2) is 19.3 Å². The van der Waals surface area contributed by atoms with Crippen molar-refractivity contribution in [3.63, 3.8) is 0 Å². The monoisotopic (exact) mass is 367 g/mol. The molecule has 23 heavy (non-hydrogen) atoms. The fourth-order valence-electron chi connectivity index (χ4n) is 2.29. The van der Waals surface area contributed by atoms with Gasteiger partial charge in [0, 0.05) is 5.56 Å². The van der Waals surface area contributed by atoms with Gasteiger partial charge in [-0.25, -0.2) is 4.98 Å². The minimum absolute atomic E-state index is 0.334. The third kappa shape index (κ3) is 3.44. The third-order valence-electron chi connectivity index (χ3n) is 3.37. The fourth-order valence-corrected chi connectivity index (χ4v) is 2.77. The SMILES string of the molecule is O=C(N[C@H](n1cnc2ccccc21)C(Cl)(Cl)Cl)c1ccccc1. The summed E-state index contributed by atoms with van der Waals surface area (Å²) in [6, 6.07) is 16.2. The Morgan fingerprint density at radius 3 is 2.39 bits per heavy atom. The molecule has 0 aliphatic heterocycles. The van der Waals surface area contributed by atoms with Gasteiger partial charge in [-0.05, 0) is 24.3 Å². The standard InChI is InChI=1S/C16H12Cl3N3O/c17-16(18,19)15(21-14(23)11-6-2-1-3-7-11)22-10-20-12-8-4-5-9-13(12)22/h1-10,15H,(H,21,23)/t15-/m1/s1. The number of carbonyl (C=O) groups excluding carboxylic acids is 1. The van der Waals surface area contributed by atoms with E-state index < -0.39 is 9.96 Å². The van der Waals surface area contributed by atoms with Gasteiger partial charge in [-0.3, -0.25) is 4.79 Å². The smallest absolute Gasteiger partial charge is 0.253 e. The summed E-state index contributed by atoms with van der Waals surface area (Å²) in [5.41, 5.74) is 1.99. The lowest BCUT2D eigenvalue weighted by atomic mass is 10.2. The number of carbonyl (C=O) groups is 1. The first kappa shape index (κ1) is 16.1. The van der Waals surface area contributed by atoms with Crippen molar-refractivity contribution in [1.29, 1.82) is 0 Å². The molecule has 1 aromatic heterocycles. The molecule has 1 N–H and O–H groups in total. The number of alkyl halides is 3. The van der Waals surface area contributed by atoms with Gasteiger partial charge in [0.2, 0.25) is 3.79 Å². The number of fused-ring (bicyclic) bond motifs is 1. The first-order chi connectivity index (χ1) is 11.0. The van der Waals surface area contributed by atoms with E-state index in [1.54, 1.807) is 35.2 Å². The lowest BCUT2D eigenvalue weighted by molar-refractivity contribution is 0.0922. The molecule has 7 heteroatoms. The largest absolute Gasteiger partial charge is 0.328 e. The maximum Gasteiger partial charge on any atom is 0.253 e. The number of amides is 1. The fraction of sp³-hybridized carbons (Fsp3) is 0.125. The van der Waals surface area contributed by atoms with E-state index in [1.165, 1.54) is 0 Å². The first-order valence-electron chi connectivity index (χ1n) is 6.81. The van der Waals surface area contributed by atoms with Crippen molar-refractivity contribution >= 4 is 51.7 Å². The van der Waals surface area contributed by atoms with Gasteiger partial charge in [0.15, 0.2) is 6.17 Å². The van der Waals surface area contributed by atoms with Crippen molar-refractivity contribution in [3.8, 4) is 0 Å². The molecule has 0 radical (unpaired) electrons.